The number of hydrogen-bond acceptors (Lipinski definition) is 5. The fourth-order valence-corrected chi connectivity index (χ4v) is 3.70. The first-order valence-electron chi connectivity index (χ1n) is 9.46. The van der Waals surface area contributed by atoms with E-state index in [-0.39, 0.29) is 30.0 Å². The number of rotatable bonds is 5. The summed E-state index contributed by atoms with van der Waals surface area (Å²) in [6.45, 7) is 0. The van der Waals surface area contributed by atoms with Gasteiger partial charge in [0.15, 0.2) is 5.69 Å². The van der Waals surface area contributed by atoms with Gasteiger partial charge >= 0.3 is 6.18 Å². The van der Waals surface area contributed by atoms with Crippen molar-refractivity contribution in [3.05, 3.63) is 30.6 Å². The summed E-state index contributed by atoms with van der Waals surface area (Å²) in [5.41, 5.74) is 1.12. The number of carbonyl (C=O) groups excluding carboxylic acids is 1. The van der Waals surface area contributed by atoms with Gasteiger partial charge in [0, 0.05) is 24.9 Å². The summed E-state index contributed by atoms with van der Waals surface area (Å²) in [7, 11) is 0. The van der Waals surface area contributed by atoms with Crippen LogP contribution in [0.5, 0.6) is 0 Å². The number of amides is 1. The molecular weight excluding hydrogens is 387 g/mol. The molecule has 0 atom stereocenters. The molecular formula is C18H20F3N7O. The Balaban J connectivity index is 1.43. The lowest BCUT2D eigenvalue weighted by atomic mass is 9.83. The molecule has 2 N–H and O–H groups in total. The van der Waals surface area contributed by atoms with E-state index in [1.54, 1.807) is 17.0 Å². The van der Waals surface area contributed by atoms with Gasteiger partial charge < -0.3 is 5.32 Å². The largest absolute Gasteiger partial charge is 0.389 e. The zero-order valence-electron chi connectivity index (χ0n) is 15.5. The van der Waals surface area contributed by atoms with Gasteiger partial charge in [-0.3, -0.25) is 14.5 Å². The van der Waals surface area contributed by atoms with Crippen molar-refractivity contribution in [2.24, 2.45) is 5.92 Å². The van der Waals surface area contributed by atoms with Gasteiger partial charge in [0.1, 0.15) is 17.4 Å². The number of hydrogen-bond donors (Lipinski definition) is 2. The Hall–Kier alpha value is -2.98. The first-order chi connectivity index (χ1) is 13.9. The molecule has 4 rings (SSSR count). The van der Waals surface area contributed by atoms with Crippen LogP contribution in [-0.4, -0.2) is 47.8 Å². The number of aromatic amines is 1. The van der Waals surface area contributed by atoms with Crippen molar-refractivity contribution in [3.8, 4) is 5.95 Å². The van der Waals surface area contributed by atoms with Crippen LogP contribution in [0, 0.1) is 5.92 Å². The van der Waals surface area contributed by atoms with Crippen molar-refractivity contribution in [1.29, 1.82) is 0 Å². The summed E-state index contributed by atoms with van der Waals surface area (Å²) in [5.74, 6) is -0.00449. The van der Waals surface area contributed by atoms with Crippen LogP contribution in [0.4, 0.5) is 13.2 Å². The lowest BCUT2D eigenvalue weighted by molar-refractivity contribution is -0.138. The molecule has 154 valence electrons. The normalized spacial score (nSPS) is 20.1. The number of fused-ring (bicyclic) bond motifs is 1. The second kappa shape index (κ2) is 7.80. The predicted octanol–water partition coefficient (Wildman–Crippen LogP) is 3.17. The maximum absolute atomic E-state index is 12.9. The average Bonchev–Trinajstić information content (AvgIpc) is 3.37. The minimum Gasteiger partial charge on any atom is -0.348 e. The maximum Gasteiger partial charge on any atom is 0.389 e. The van der Waals surface area contributed by atoms with Crippen molar-refractivity contribution in [1.82, 2.24) is 35.0 Å². The molecule has 0 bridgehead atoms. The molecule has 0 saturated heterocycles. The molecule has 1 amide bonds. The summed E-state index contributed by atoms with van der Waals surface area (Å²) >= 11 is 0. The number of imidazole rings is 1. The van der Waals surface area contributed by atoms with Gasteiger partial charge in [0.2, 0.25) is 5.95 Å². The lowest BCUT2D eigenvalue weighted by Gasteiger charge is -2.29. The third-order valence-corrected chi connectivity index (χ3v) is 5.26. The van der Waals surface area contributed by atoms with Gasteiger partial charge in [-0.15, -0.1) is 0 Å². The molecule has 3 aromatic heterocycles. The minimum absolute atomic E-state index is 0.0518. The average molecular weight is 407 g/mol. The van der Waals surface area contributed by atoms with Gasteiger partial charge in [0.05, 0.1) is 6.20 Å². The number of halogens is 3. The first-order valence-corrected chi connectivity index (χ1v) is 9.46. The highest BCUT2D eigenvalue weighted by molar-refractivity contribution is 6.02. The van der Waals surface area contributed by atoms with Crippen LogP contribution in [-0.2, 0) is 0 Å². The summed E-state index contributed by atoms with van der Waals surface area (Å²) < 4.78 is 38.8. The van der Waals surface area contributed by atoms with Crippen molar-refractivity contribution in [3.63, 3.8) is 0 Å². The van der Waals surface area contributed by atoms with Crippen LogP contribution < -0.4 is 5.32 Å². The van der Waals surface area contributed by atoms with E-state index in [2.05, 4.69) is 30.5 Å². The lowest BCUT2D eigenvalue weighted by Crippen LogP contribution is -2.38. The Morgan fingerprint density at radius 2 is 2.03 bits per heavy atom. The topological polar surface area (TPSA) is 101 Å². The third kappa shape index (κ3) is 4.54. The Morgan fingerprint density at radius 3 is 2.72 bits per heavy atom. The van der Waals surface area contributed by atoms with E-state index in [9.17, 15) is 18.0 Å². The van der Waals surface area contributed by atoms with Crippen molar-refractivity contribution < 1.29 is 18.0 Å². The highest BCUT2D eigenvalue weighted by Crippen LogP contribution is 2.32. The number of nitrogens with zero attached hydrogens (tertiary/aromatic N) is 5. The number of H-pyrrole nitrogens is 1. The molecule has 0 aromatic carbocycles. The zero-order valence-corrected chi connectivity index (χ0v) is 15.5. The van der Waals surface area contributed by atoms with Crippen LogP contribution >= 0.6 is 0 Å². The fourth-order valence-electron chi connectivity index (χ4n) is 3.70. The summed E-state index contributed by atoms with van der Waals surface area (Å²) in [4.78, 5) is 25.5. The molecule has 0 radical (unpaired) electrons. The Bertz CT molecular complexity index is 975. The number of carbonyl (C=O) groups is 1. The maximum atomic E-state index is 12.9. The number of aromatic nitrogens is 6. The Kier molecular flexibility index (Phi) is 5.20. The Labute approximate surface area is 163 Å². The molecule has 1 aliphatic carbocycles. The summed E-state index contributed by atoms with van der Waals surface area (Å²) in [6, 6.07) is -0.0886. The smallest absolute Gasteiger partial charge is 0.348 e. The molecule has 29 heavy (non-hydrogen) atoms. The zero-order chi connectivity index (χ0) is 20.4. The molecule has 8 nitrogen and oxygen atoms in total. The predicted molar refractivity (Wildman–Crippen MR) is 97.3 cm³/mol. The van der Waals surface area contributed by atoms with Crippen LogP contribution in [0.15, 0.2) is 24.9 Å². The highest BCUT2D eigenvalue weighted by atomic mass is 19.4. The Morgan fingerprint density at radius 1 is 1.24 bits per heavy atom. The quantitative estimate of drug-likeness (QED) is 0.677. The van der Waals surface area contributed by atoms with E-state index in [4.69, 9.17) is 0 Å². The second-order valence-electron chi connectivity index (χ2n) is 7.32. The van der Waals surface area contributed by atoms with Crippen molar-refractivity contribution >= 4 is 16.9 Å². The summed E-state index contributed by atoms with van der Waals surface area (Å²) in [5, 5.41) is 9.65. The first kappa shape index (κ1) is 19.3. The number of alkyl halides is 3. The molecule has 0 aliphatic heterocycles. The van der Waals surface area contributed by atoms with Crippen LogP contribution in [0.1, 0.15) is 49.0 Å². The van der Waals surface area contributed by atoms with E-state index in [1.807, 2.05) is 0 Å². The molecule has 0 unspecified atom stereocenters. The summed E-state index contributed by atoms with van der Waals surface area (Å²) in [6.07, 6.45) is 4.25. The van der Waals surface area contributed by atoms with Crippen LogP contribution in [0.25, 0.3) is 17.0 Å². The van der Waals surface area contributed by atoms with Crippen LogP contribution in [0.3, 0.4) is 0 Å². The van der Waals surface area contributed by atoms with Gasteiger partial charge in [-0.1, -0.05) is 0 Å². The SMILES string of the molecule is O=C(NC1CCC(CCC(F)(F)F)CC1)c1nc(-n2ccnc2)nc2cn[nH]c12. The van der Waals surface area contributed by atoms with Crippen molar-refractivity contribution in [2.45, 2.75) is 50.7 Å². The monoisotopic (exact) mass is 407 g/mol. The van der Waals surface area contributed by atoms with Gasteiger partial charge in [-0.05, 0) is 38.0 Å². The minimum atomic E-state index is -4.11. The molecule has 11 heteroatoms. The van der Waals surface area contributed by atoms with Crippen molar-refractivity contribution in [2.75, 3.05) is 0 Å². The molecule has 0 spiro atoms. The van der Waals surface area contributed by atoms with E-state index < -0.39 is 12.6 Å². The molecule has 3 aromatic rings. The third-order valence-electron chi connectivity index (χ3n) is 5.26. The highest BCUT2D eigenvalue weighted by Gasteiger charge is 2.30. The van der Waals surface area contributed by atoms with Gasteiger partial charge in [-0.25, -0.2) is 15.0 Å². The van der Waals surface area contributed by atoms with E-state index in [0.717, 1.165) is 0 Å². The van der Waals surface area contributed by atoms with E-state index >= 15 is 0 Å². The standard InChI is InChI=1S/C18H20F3N7O/c19-18(20,21)6-5-11-1-3-12(4-2-11)24-16(29)15-14-13(9-23-27-14)25-17(26-15)28-8-7-22-10-28/h7-12H,1-6H2,(H,23,27)(H,24,29). The van der Waals surface area contributed by atoms with Gasteiger partial charge in [0.25, 0.3) is 5.91 Å². The molecule has 1 aliphatic rings. The number of nitrogens with one attached hydrogen (secondary N) is 2. The van der Waals surface area contributed by atoms with Crippen LogP contribution in [0.2, 0.25) is 0 Å². The van der Waals surface area contributed by atoms with E-state index in [0.29, 0.717) is 42.7 Å². The second-order valence-corrected chi connectivity index (χ2v) is 7.32. The fraction of sp³-hybridized carbons (Fsp3) is 0.500. The molecule has 3 heterocycles. The van der Waals surface area contributed by atoms with Gasteiger partial charge in [-0.2, -0.15) is 18.3 Å². The molecule has 1 saturated carbocycles. The molecule has 1 fully saturated rings. The van der Waals surface area contributed by atoms with E-state index in [1.165, 1.54) is 12.5 Å².